The SMILES string of the molecule is CCCCCCCCCCCCCCCCCCCCCCCCCCCCCCCCCCCCCCCCC(=O)OC(CO)COC(=O)CCCCCCCCCCCCCCCCCCCCCCCCCCCCCCCCCCCCCC. The van der Waals surface area contributed by atoms with Crippen LogP contribution in [-0.2, 0) is 19.1 Å². The van der Waals surface area contributed by atoms with E-state index in [0.717, 1.165) is 32.1 Å². The summed E-state index contributed by atoms with van der Waals surface area (Å²) in [7, 11) is 0. The van der Waals surface area contributed by atoms with Gasteiger partial charge in [0, 0.05) is 12.8 Å². The molecule has 0 fully saturated rings. The minimum absolute atomic E-state index is 0.0550. The molecule has 0 saturated heterocycles. The predicted molar refractivity (Wildman–Crippen MR) is 390 cm³/mol. The van der Waals surface area contributed by atoms with Crippen LogP contribution in [0.5, 0.6) is 0 Å². The number of carbonyl (C=O) groups excluding carboxylic acids is 2. The number of carbonyl (C=O) groups is 2. The van der Waals surface area contributed by atoms with Gasteiger partial charge in [-0.25, -0.2) is 0 Å². The molecule has 0 saturated carbocycles. The van der Waals surface area contributed by atoms with Crippen molar-refractivity contribution in [2.45, 2.75) is 508 Å². The summed E-state index contributed by atoms with van der Waals surface area (Å²) in [5.74, 6) is -0.555. The monoisotopic (exact) mass is 1240 g/mol. The second-order valence-corrected chi connectivity index (χ2v) is 28.9. The van der Waals surface area contributed by atoms with E-state index in [-0.39, 0.29) is 25.2 Å². The van der Waals surface area contributed by atoms with Crippen LogP contribution in [-0.4, -0.2) is 36.4 Å². The van der Waals surface area contributed by atoms with Crippen molar-refractivity contribution < 1.29 is 24.2 Å². The highest BCUT2D eigenvalue weighted by Crippen LogP contribution is 2.21. The molecular formula is C83H164O5. The summed E-state index contributed by atoms with van der Waals surface area (Å²) >= 11 is 0. The van der Waals surface area contributed by atoms with Gasteiger partial charge >= 0.3 is 11.9 Å². The molecule has 0 aliphatic rings. The molecule has 88 heavy (non-hydrogen) atoms. The Morgan fingerprint density at radius 3 is 0.500 bits per heavy atom. The van der Waals surface area contributed by atoms with E-state index in [9.17, 15) is 14.7 Å². The molecule has 0 bridgehead atoms. The van der Waals surface area contributed by atoms with Gasteiger partial charge in [-0.05, 0) is 12.8 Å². The topological polar surface area (TPSA) is 72.8 Å². The molecule has 0 aromatic rings. The summed E-state index contributed by atoms with van der Waals surface area (Å²) in [6, 6.07) is 0. The minimum atomic E-state index is -0.767. The van der Waals surface area contributed by atoms with Crippen LogP contribution in [0, 0.1) is 0 Å². The van der Waals surface area contributed by atoms with Crippen molar-refractivity contribution in [3.05, 3.63) is 0 Å². The van der Waals surface area contributed by atoms with E-state index >= 15 is 0 Å². The highest BCUT2D eigenvalue weighted by molar-refractivity contribution is 5.70. The summed E-state index contributed by atoms with van der Waals surface area (Å²) in [6.07, 6.45) is 104. The molecule has 0 heterocycles. The Hall–Kier alpha value is -1.10. The first-order valence-corrected chi connectivity index (χ1v) is 41.6. The normalized spacial score (nSPS) is 12.0. The molecule has 0 aromatic carbocycles. The third-order valence-electron chi connectivity index (χ3n) is 19.9. The number of esters is 2. The Labute approximate surface area is 554 Å². The first kappa shape index (κ1) is 86.9. The highest BCUT2D eigenvalue weighted by atomic mass is 16.6. The lowest BCUT2D eigenvalue weighted by Gasteiger charge is -2.15. The van der Waals surface area contributed by atoms with Crippen LogP contribution in [0.25, 0.3) is 0 Å². The maximum absolute atomic E-state index is 12.4. The van der Waals surface area contributed by atoms with Gasteiger partial charge in [0.25, 0.3) is 0 Å². The van der Waals surface area contributed by atoms with E-state index in [1.807, 2.05) is 0 Å². The Balaban J connectivity index is 3.32. The van der Waals surface area contributed by atoms with Crippen molar-refractivity contribution >= 4 is 11.9 Å². The summed E-state index contributed by atoms with van der Waals surface area (Å²) in [5.41, 5.74) is 0. The quantitative estimate of drug-likeness (QED) is 0.0485. The Morgan fingerprint density at radius 1 is 0.216 bits per heavy atom. The number of ether oxygens (including phenoxy) is 2. The first-order valence-electron chi connectivity index (χ1n) is 41.6. The Bertz CT molecular complexity index is 1270. The standard InChI is InChI=1S/C83H164O5/c1-3-5-7-9-11-13-15-17-19-21-23-25-27-29-31-33-35-37-39-41-42-44-46-48-50-52-54-56-58-60-62-64-66-68-70-72-74-76-78-83(86)88-81(79-84)80-87-82(85)77-75-73-71-69-67-65-63-61-59-57-55-53-51-49-47-45-43-40-38-36-34-32-30-28-26-24-22-20-18-16-14-12-10-8-6-4-2/h81,84H,3-80H2,1-2H3. The predicted octanol–water partition coefficient (Wildman–Crippen LogP) is 29.1. The minimum Gasteiger partial charge on any atom is -0.462 e. The van der Waals surface area contributed by atoms with E-state index in [0.29, 0.717) is 12.8 Å². The average Bonchev–Trinajstić information content (AvgIpc) is 3.54. The van der Waals surface area contributed by atoms with Crippen LogP contribution in [0.4, 0.5) is 0 Å². The molecule has 526 valence electrons. The van der Waals surface area contributed by atoms with Gasteiger partial charge in [0.15, 0.2) is 6.10 Å². The zero-order valence-corrected chi connectivity index (χ0v) is 60.8. The summed E-state index contributed by atoms with van der Waals surface area (Å²) < 4.78 is 10.8. The van der Waals surface area contributed by atoms with E-state index in [4.69, 9.17) is 9.47 Å². The molecule has 0 aromatic heterocycles. The van der Waals surface area contributed by atoms with Gasteiger partial charge in [-0.2, -0.15) is 0 Å². The van der Waals surface area contributed by atoms with Crippen LogP contribution >= 0.6 is 0 Å². The largest absolute Gasteiger partial charge is 0.462 e. The Morgan fingerprint density at radius 2 is 0.352 bits per heavy atom. The molecule has 0 aliphatic heterocycles. The zero-order valence-electron chi connectivity index (χ0n) is 60.8. The third-order valence-corrected chi connectivity index (χ3v) is 19.9. The van der Waals surface area contributed by atoms with Gasteiger partial charge < -0.3 is 14.6 Å². The smallest absolute Gasteiger partial charge is 0.306 e. The van der Waals surface area contributed by atoms with Crippen molar-refractivity contribution in [2.75, 3.05) is 13.2 Å². The number of hydrogen-bond donors (Lipinski definition) is 1. The van der Waals surface area contributed by atoms with Crippen LogP contribution in [0.3, 0.4) is 0 Å². The number of hydrogen-bond acceptors (Lipinski definition) is 5. The van der Waals surface area contributed by atoms with Gasteiger partial charge in [-0.3, -0.25) is 9.59 Å². The number of aliphatic hydroxyl groups excluding tert-OH is 1. The van der Waals surface area contributed by atoms with Crippen molar-refractivity contribution in [2.24, 2.45) is 0 Å². The van der Waals surface area contributed by atoms with Gasteiger partial charge in [-0.1, -0.05) is 476 Å². The van der Waals surface area contributed by atoms with E-state index in [2.05, 4.69) is 13.8 Å². The molecule has 0 spiro atoms. The number of unbranched alkanes of at least 4 members (excludes halogenated alkanes) is 72. The van der Waals surface area contributed by atoms with Crippen LogP contribution < -0.4 is 0 Å². The molecule has 0 rings (SSSR count). The van der Waals surface area contributed by atoms with Gasteiger partial charge in [0.05, 0.1) is 6.61 Å². The summed E-state index contributed by atoms with van der Waals surface area (Å²) in [5, 5.41) is 9.73. The van der Waals surface area contributed by atoms with Gasteiger partial charge in [-0.15, -0.1) is 0 Å². The molecule has 1 N–H and O–H groups in total. The lowest BCUT2D eigenvalue weighted by atomic mass is 10.0. The second kappa shape index (κ2) is 80.1. The van der Waals surface area contributed by atoms with Crippen molar-refractivity contribution in [1.82, 2.24) is 0 Å². The maximum atomic E-state index is 12.4. The van der Waals surface area contributed by atoms with Crippen LogP contribution in [0.2, 0.25) is 0 Å². The molecule has 0 radical (unpaired) electrons. The third kappa shape index (κ3) is 77.3. The maximum Gasteiger partial charge on any atom is 0.306 e. The van der Waals surface area contributed by atoms with Crippen LogP contribution in [0.15, 0.2) is 0 Å². The van der Waals surface area contributed by atoms with E-state index in [1.54, 1.807) is 0 Å². The van der Waals surface area contributed by atoms with Crippen molar-refractivity contribution in [3.63, 3.8) is 0 Å². The number of rotatable bonds is 80. The molecule has 1 unspecified atom stereocenters. The number of aliphatic hydroxyl groups is 1. The average molecular weight is 1240 g/mol. The fraction of sp³-hybridized carbons (Fsp3) is 0.976. The van der Waals surface area contributed by atoms with E-state index in [1.165, 1.54) is 443 Å². The van der Waals surface area contributed by atoms with E-state index < -0.39 is 6.10 Å². The fourth-order valence-electron chi connectivity index (χ4n) is 13.7. The molecule has 0 amide bonds. The van der Waals surface area contributed by atoms with Gasteiger partial charge in [0.2, 0.25) is 0 Å². The second-order valence-electron chi connectivity index (χ2n) is 28.9. The molecule has 0 aliphatic carbocycles. The lowest BCUT2D eigenvalue weighted by Crippen LogP contribution is -2.28. The fourth-order valence-corrected chi connectivity index (χ4v) is 13.7. The van der Waals surface area contributed by atoms with Crippen molar-refractivity contribution in [3.8, 4) is 0 Å². The molecule has 5 nitrogen and oxygen atoms in total. The van der Waals surface area contributed by atoms with Crippen molar-refractivity contribution in [1.29, 1.82) is 0 Å². The van der Waals surface area contributed by atoms with Gasteiger partial charge in [0.1, 0.15) is 6.61 Å². The van der Waals surface area contributed by atoms with Crippen LogP contribution in [0.1, 0.15) is 502 Å². The summed E-state index contributed by atoms with van der Waals surface area (Å²) in [4.78, 5) is 24.7. The summed E-state index contributed by atoms with van der Waals surface area (Å²) in [6.45, 7) is 4.24. The Kier molecular flexibility index (Phi) is 79.1. The lowest BCUT2D eigenvalue weighted by molar-refractivity contribution is -0.161. The zero-order chi connectivity index (χ0) is 63.3. The first-order chi connectivity index (χ1) is 43.6. The molecular weight excluding hydrogens is 1080 g/mol. The molecule has 5 heteroatoms. The molecule has 1 atom stereocenters. The highest BCUT2D eigenvalue weighted by Gasteiger charge is 2.16.